The standard InChI is InChI=1S/C12H13BrFN3/c1-15-5-11-7-17(8-16-11)6-9-2-3-10(13)4-12(9)14/h2-4,7-8,15H,5-6H2,1H3. The molecule has 0 amide bonds. The minimum Gasteiger partial charge on any atom is -0.333 e. The van der Waals surface area contributed by atoms with Crippen molar-refractivity contribution in [3.8, 4) is 0 Å². The molecule has 0 unspecified atom stereocenters. The summed E-state index contributed by atoms with van der Waals surface area (Å²) < 4.78 is 16.2. The fourth-order valence-electron chi connectivity index (χ4n) is 1.61. The predicted octanol–water partition coefficient (Wildman–Crippen LogP) is 2.55. The van der Waals surface area contributed by atoms with Crippen LogP contribution in [0.2, 0.25) is 0 Å². The first-order valence-electron chi connectivity index (χ1n) is 5.28. The second-order valence-electron chi connectivity index (χ2n) is 3.80. The lowest BCUT2D eigenvalue weighted by molar-refractivity contribution is 0.598. The van der Waals surface area contributed by atoms with Crippen LogP contribution in [0.1, 0.15) is 11.3 Å². The fraction of sp³-hybridized carbons (Fsp3) is 0.250. The molecule has 0 aliphatic heterocycles. The van der Waals surface area contributed by atoms with E-state index in [1.807, 2.05) is 23.9 Å². The monoisotopic (exact) mass is 297 g/mol. The molecule has 0 aliphatic rings. The van der Waals surface area contributed by atoms with Gasteiger partial charge in [-0.2, -0.15) is 0 Å². The molecular weight excluding hydrogens is 285 g/mol. The predicted molar refractivity (Wildman–Crippen MR) is 68.2 cm³/mol. The molecule has 2 rings (SSSR count). The Labute approximate surface area is 108 Å². The summed E-state index contributed by atoms with van der Waals surface area (Å²) in [5.41, 5.74) is 1.60. The maximum atomic E-state index is 13.6. The number of aromatic nitrogens is 2. The van der Waals surface area contributed by atoms with Gasteiger partial charge in [-0.05, 0) is 19.2 Å². The Bertz CT molecular complexity index is 510. The second-order valence-corrected chi connectivity index (χ2v) is 4.72. The Morgan fingerprint density at radius 3 is 3.00 bits per heavy atom. The van der Waals surface area contributed by atoms with Gasteiger partial charge in [-0.3, -0.25) is 0 Å². The number of halogens is 2. The SMILES string of the molecule is CNCc1cn(Cc2ccc(Br)cc2F)cn1. The summed E-state index contributed by atoms with van der Waals surface area (Å²) in [5.74, 6) is -0.205. The van der Waals surface area contributed by atoms with Gasteiger partial charge < -0.3 is 9.88 Å². The van der Waals surface area contributed by atoms with E-state index in [1.165, 1.54) is 6.07 Å². The highest BCUT2D eigenvalue weighted by Gasteiger charge is 2.04. The molecule has 1 N–H and O–H groups in total. The Hall–Kier alpha value is -1.20. The van der Waals surface area contributed by atoms with E-state index in [9.17, 15) is 4.39 Å². The molecule has 17 heavy (non-hydrogen) atoms. The van der Waals surface area contributed by atoms with Gasteiger partial charge in [-0.25, -0.2) is 9.37 Å². The molecule has 1 aromatic heterocycles. The molecule has 5 heteroatoms. The van der Waals surface area contributed by atoms with Crippen molar-refractivity contribution in [2.75, 3.05) is 7.05 Å². The van der Waals surface area contributed by atoms with Crippen LogP contribution >= 0.6 is 15.9 Å². The van der Waals surface area contributed by atoms with Crippen molar-refractivity contribution in [3.63, 3.8) is 0 Å². The van der Waals surface area contributed by atoms with Crippen LogP contribution in [-0.4, -0.2) is 16.6 Å². The zero-order chi connectivity index (χ0) is 12.3. The van der Waals surface area contributed by atoms with Crippen LogP contribution in [0.4, 0.5) is 4.39 Å². The number of imidazole rings is 1. The van der Waals surface area contributed by atoms with Crippen LogP contribution < -0.4 is 5.32 Å². The lowest BCUT2D eigenvalue weighted by atomic mass is 10.2. The molecule has 0 spiro atoms. The first kappa shape index (κ1) is 12.3. The summed E-state index contributed by atoms with van der Waals surface area (Å²) in [5, 5.41) is 3.02. The van der Waals surface area contributed by atoms with Gasteiger partial charge >= 0.3 is 0 Å². The van der Waals surface area contributed by atoms with E-state index in [2.05, 4.69) is 26.2 Å². The summed E-state index contributed by atoms with van der Waals surface area (Å²) >= 11 is 3.24. The Morgan fingerprint density at radius 2 is 2.29 bits per heavy atom. The average molecular weight is 298 g/mol. The van der Waals surface area contributed by atoms with Crippen LogP contribution in [-0.2, 0) is 13.1 Å². The average Bonchev–Trinajstić information content (AvgIpc) is 2.71. The van der Waals surface area contributed by atoms with Crippen molar-refractivity contribution >= 4 is 15.9 Å². The third-order valence-corrected chi connectivity index (χ3v) is 2.91. The number of hydrogen-bond acceptors (Lipinski definition) is 2. The van der Waals surface area contributed by atoms with Crippen LogP contribution in [0, 0.1) is 5.82 Å². The molecule has 2 aromatic rings. The summed E-state index contributed by atoms with van der Waals surface area (Å²) in [7, 11) is 1.87. The van der Waals surface area contributed by atoms with Gasteiger partial charge in [0.15, 0.2) is 0 Å². The lowest BCUT2D eigenvalue weighted by Crippen LogP contribution is -2.05. The van der Waals surface area contributed by atoms with E-state index < -0.39 is 0 Å². The minimum atomic E-state index is -0.205. The van der Waals surface area contributed by atoms with Gasteiger partial charge in [-0.15, -0.1) is 0 Å². The Kier molecular flexibility index (Phi) is 3.91. The van der Waals surface area contributed by atoms with Crippen molar-refractivity contribution < 1.29 is 4.39 Å². The van der Waals surface area contributed by atoms with Crippen molar-refractivity contribution in [2.45, 2.75) is 13.1 Å². The first-order valence-corrected chi connectivity index (χ1v) is 6.07. The van der Waals surface area contributed by atoms with E-state index in [0.29, 0.717) is 12.1 Å². The maximum Gasteiger partial charge on any atom is 0.129 e. The summed E-state index contributed by atoms with van der Waals surface area (Å²) in [6.45, 7) is 1.21. The molecule has 0 saturated heterocycles. The van der Waals surface area contributed by atoms with Gasteiger partial charge in [0.25, 0.3) is 0 Å². The molecule has 1 aromatic carbocycles. The van der Waals surface area contributed by atoms with Gasteiger partial charge in [0.05, 0.1) is 18.6 Å². The Morgan fingerprint density at radius 1 is 1.47 bits per heavy atom. The van der Waals surface area contributed by atoms with Gasteiger partial charge in [0.1, 0.15) is 5.82 Å². The molecule has 0 fully saturated rings. The van der Waals surface area contributed by atoms with Crippen LogP contribution in [0.25, 0.3) is 0 Å². The largest absolute Gasteiger partial charge is 0.333 e. The molecular formula is C12H13BrFN3. The molecule has 1 heterocycles. The highest BCUT2D eigenvalue weighted by Crippen LogP contribution is 2.16. The molecule has 90 valence electrons. The van der Waals surface area contributed by atoms with E-state index in [4.69, 9.17) is 0 Å². The van der Waals surface area contributed by atoms with Gasteiger partial charge in [0.2, 0.25) is 0 Å². The van der Waals surface area contributed by atoms with Crippen molar-refractivity contribution in [1.29, 1.82) is 0 Å². The smallest absolute Gasteiger partial charge is 0.129 e. The van der Waals surface area contributed by atoms with Crippen molar-refractivity contribution in [1.82, 2.24) is 14.9 Å². The zero-order valence-electron chi connectivity index (χ0n) is 9.45. The molecule has 0 bridgehead atoms. The van der Waals surface area contributed by atoms with Gasteiger partial charge in [0, 0.05) is 22.8 Å². The Balaban J connectivity index is 2.13. The highest BCUT2D eigenvalue weighted by atomic mass is 79.9. The number of nitrogens with one attached hydrogen (secondary N) is 1. The third-order valence-electron chi connectivity index (χ3n) is 2.41. The number of rotatable bonds is 4. The second kappa shape index (κ2) is 5.42. The number of benzene rings is 1. The van der Waals surface area contributed by atoms with Crippen LogP contribution in [0.5, 0.6) is 0 Å². The van der Waals surface area contributed by atoms with E-state index in [0.717, 1.165) is 16.7 Å². The summed E-state index contributed by atoms with van der Waals surface area (Å²) in [4.78, 5) is 4.22. The lowest BCUT2D eigenvalue weighted by Gasteiger charge is -2.04. The number of nitrogens with zero attached hydrogens (tertiary/aromatic N) is 2. The first-order chi connectivity index (χ1) is 8.19. The number of hydrogen-bond donors (Lipinski definition) is 1. The normalized spacial score (nSPS) is 10.8. The van der Waals surface area contributed by atoms with Gasteiger partial charge in [-0.1, -0.05) is 22.0 Å². The topological polar surface area (TPSA) is 29.9 Å². The zero-order valence-corrected chi connectivity index (χ0v) is 11.0. The molecule has 0 radical (unpaired) electrons. The van der Waals surface area contributed by atoms with Crippen LogP contribution in [0.15, 0.2) is 35.2 Å². The third kappa shape index (κ3) is 3.14. The highest BCUT2D eigenvalue weighted by molar-refractivity contribution is 9.10. The van der Waals surface area contributed by atoms with Crippen molar-refractivity contribution in [3.05, 3.63) is 52.3 Å². The minimum absolute atomic E-state index is 0.205. The molecule has 0 atom stereocenters. The molecule has 0 aliphatic carbocycles. The van der Waals surface area contributed by atoms with E-state index >= 15 is 0 Å². The summed E-state index contributed by atoms with van der Waals surface area (Å²) in [6, 6.07) is 5.09. The van der Waals surface area contributed by atoms with Crippen LogP contribution in [0.3, 0.4) is 0 Å². The molecule has 0 saturated carbocycles. The summed E-state index contributed by atoms with van der Waals surface area (Å²) in [6.07, 6.45) is 3.63. The quantitative estimate of drug-likeness (QED) is 0.940. The van der Waals surface area contributed by atoms with Crippen molar-refractivity contribution in [2.24, 2.45) is 0 Å². The maximum absolute atomic E-state index is 13.6. The van der Waals surface area contributed by atoms with E-state index in [-0.39, 0.29) is 5.82 Å². The fourth-order valence-corrected chi connectivity index (χ4v) is 1.95. The molecule has 3 nitrogen and oxygen atoms in total. The van der Waals surface area contributed by atoms with E-state index in [1.54, 1.807) is 12.4 Å².